The lowest BCUT2D eigenvalue weighted by atomic mass is 10.0. The highest BCUT2D eigenvalue weighted by Gasteiger charge is 2.19. The monoisotopic (exact) mass is 835 g/mol. The number of carbonyl (C=O) groups excluding carboxylic acids is 3. The normalized spacial score (nSPS) is 12.2. The lowest BCUT2D eigenvalue weighted by molar-refractivity contribution is -0.167. The van der Waals surface area contributed by atoms with Crippen LogP contribution in [0.5, 0.6) is 0 Å². The molecule has 0 rings (SSSR count). The SMILES string of the molecule is CC(C)CCCCCCCCCCCCCCCCC(=O)OC[C@H](COC(=O)CCCCCCCCCC(C)C)OC(=O)CCCCCCCCCCCCCC(C)C. The van der Waals surface area contributed by atoms with Crippen molar-refractivity contribution in [3.8, 4) is 0 Å². The van der Waals surface area contributed by atoms with Gasteiger partial charge in [-0.3, -0.25) is 14.4 Å². The summed E-state index contributed by atoms with van der Waals surface area (Å²) in [5.74, 6) is 1.60. The summed E-state index contributed by atoms with van der Waals surface area (Å²) in [7, 11) is 0. The molecule has 0 aromatic heterocycles. The van der Waals surface area contributed by atoms with Gasteiger partial charge in [0.25, 0.3) is 0 Å². The molecule has 350 valence electrons. The summed E-state index contributed by atoms with van der Waals surface area (Å²) in [6.45, 7) is 13.7. The van der Waals surface area contributed by atoms with Gasteiger partial charge in [-0.1, -0.05) is 247 Å². The molecule has 0 unspecified atom stereocenters. The minimum absolute atomic E-state index is 0.0650. The second-order valence-corrected chi connectivity index (χ2v) is 19.6. The van der Waals surface area contributed by atoms with Gasteiger partial charge in [0.15, 0.2) is 6.10 Å². The molecule has 0 radical (unpaired) electrons. The van der Waals surface area contributed by atoms with Crippen LogP contribution in [0.1, 0.15) is 286 Å². The van der Waals surface area contributed by atoms with Crippen molar-refractivity contribution in [1.29, 1.82) is 0 Å². The highest BCUT2D eigenvalue weighted by Crippen LogP contribution is 2.18. The number of hydrogen-bond acceptors (Lipinski definition) is 6. The summed E-state index contributed by atoms with van der Waals surface area (Å²) < 4.78 is 16.8. The van der Waals surface area contributed by atoms with Crippen LogP contribution < -0.4 is 0 Å². The molecule has 0 saturated carbocycles. The Labute approximate surface area is 368 Å². The molecule has 0 N–H and O–H groups in total. The Morgan fingerprint density at radius 1 is 0.288 bits per heavy atom. The zero-order valence-corrected chi connectivity index (χ0v) is 40.5. The number of unbranched alkanes of at least 4 members (excludes halogenated alkanes) is 29. The number of rotatable bonds is 46. The summed E-state index contributed by atoms with van der Waals surface area (Å²) in [6.07, 6.45) is 43.8. The van der Waals surface area contributed by atoms with Crippen molar-refractivity contribution >= 4 is 17.9 Å². The zero-order chi connectivity index (χ0) is 43.4. The Balaban J connectivity index is 4.28. The van der Waals surface area contributed by atoms with Crippen LogP contribution in [0.25, 0.3) is 0 Å². The average Bonchev–Trinajstić information content (AvgIpc) is 3.19. The summed E-state index contributed by atoms with van der Waals surface area (Å²) >= 11 is 0. The standard InChI is InChI=1S/C53H102O6/c1-47(2)39-33-27-21-16-12-9-7-8-10-14-18-24-30-36-42-51(54)57-45-50(46-58-52(55)43-37-31-26-20-23-29-35-41-49(5)6)59-53(56)44-38-32-25-19-15-11-13-17-22-28-34-40-48(3)4/h47-50H,7-46H2,1-6H3/t50-/m1/s1. The third kappa shape index (κ3) is 47.3. The maximum absolute atomic E-state index is 12.8. The highest BCUT2D eigenvalue weighted by molar-refractivity contribution is 5.71. The molecule has 0 aromatic rings. The summed E-state index contributed by atoms with van der Waals surface area (Å²) in [4.78, 5) is 37.9. The zero-order valence-electron chi connectivity index (χ0n) is 40.5. The summed E-state index contributed by atoms with van der Waals surface area (Å²) in [5.41, 5.74) is 0. The van der Waals surface area contributed by atoms with Crippen molar-refractivity contribution in [2.45, 2.75) is 292 Å². The number of hydrogen-bond donors (Lipinski definition) is 0. The van der Waals surface area contributed by atoms with Crippen LogP contribution in [0.2, 0.25) is 0 Å². The van der Waals surface area contributed by atoms with E-state index in [4.69, 9.17) is 14.2 Å². The molecule has 0 aromatic carbocycles. The van der Waals surface area contributed by atoms with Crippen LogP contribution in [-0.4, -0.2) is 37.2 Å². The first-order valence-corrected chi connectivity index (χ1v) is 26.1. The Morgan fingerprint density at radius 3 is 0.729 bits per heavy atom. The van der Waals surface area contributed by atoms with E-state index < -0.39 is 6.10 Å². The van der Waals surface area contributed by atoms with Gasteiger partial charge in [0.2, 0.25) is 0 Å². The van der Waals surface area contributed by atoms with Gasteiger partial charge in [0, 0.05) is 19.3 Å². The fraction of sp³-hybridized carbons (Fsp3) is 0.943. The number of carbonyl (C=O) groups is 3. The van der Waals surface area contributed by atoms with Crippen LogP contribution in [0.3, 0.4) is 0 Å². The van der Waals surface area contributed by atoms with Crippen molar-refractivity contribution in [3.05, 3.63) is 0 Å². The number of esters is 3. The second kappa shape index (κ2) is 44.5. The minimum Gasteiger partial charge on any atom is -0.462 e. The fourth-order valence-electron chi connectivity index (χ4n) is 7.94. The van der Waals surface area contributed by atoms with Gasteiger partial charge in [-0.25, -0.2) is 0 Å². The first-order valence-electron chi connectivity index (χ1n) is 26.1. The number of ether oxygens (including phenoxy) is 3. The molecule has 0 aliphatic heterocycles. The van der Waals surface area contributed by atoms with Crippen LogP contribution in [0, 0.1) is 17.8 Å². The Morgan fingerprint density at radius 2 is 0.492 bits per heavy atom. The molecule has 0 amide bonds. The van der Waals surface area contributed by atoms with E-state index in [9.17, 15) is 14.4 Å². The van der Waals surface area contributed by atoms with Crippen LogP contribution in [0.15, 0.2) is 0 Å². The van der Waals surface area contributed by atoms with Gasteiger partial charge in [0.05, 0.1) is 0 Å². The molecule has 0 aliphatic rings. The molecule has 0 bridgehead atoms. The predicted molar refractivity (Wildman–Crippen MR) is 252 cm³/mol. The molecule has 59 heavy (non-hydrogen) atoms. The Hall–Kier alpha value is -1.59. The van der Waals surface area contributed by atoms with E-state index in [1.54, 1.807) is 0 Å². The van der Waals surface area contributed by atoms with E-state index in [1.807, 2.05) is 0 Å². The van der Waals surface area contributed by atoms with Gasteiger partial charge in [-0.05, 0) is 37.0 Å². The molecule has 6 nitrogen and oxygen atoms in total. The van der Waals surface area contributed by atoms with Crippen molar-refractivity contribution in [2.75, 3.05) is 13.2 Å². The van der Waals surface area contributed by atoms with Crippen molar-refractivity contribution in [2.24, 2.45) is 17.8 Å². The van der Waals surface area contributed by atoms with E-state index in [0.717, 1.165) is 75.5 Å². The Kier molecular flexibility index (Phi) is 43.3. The third-order valence-corrected chi connectivity index (χ3v) is 11.9. The van der Waals surface area contributed by atoms with E-state index in [-0.39, 0.29) is 31.1 Å². The van der Waals surface area contributed by atoms with Crippen molar-refractivity contribution in [1.82, 2.24) is 0 Å². The van der Waals surface area contributed by atoms with E-state index >= 15 is 0 Å². The molecular formula is C53H102O6. The summed E-state index contributed by atoms with van der Waals surface area (Å²) in [6, 6.07) is 0. The van der Waals surface area contributed by atoms with Gasteiger partial charge < -0.3 is 14.2 Å². The third-order valence-electron chi connectivity index (χ3n) is 11.9. The van der Waals surface area contributed by atoms with Crippen molar-refractivity contribution < 1.29 is 28.6 Å². The second-order valence-electron chi connectivity index (χ2n) is 19.6. The molecule has 0 spiro atoms. The molecular weight excluding hydrogens is 733 g/mol. The topological polar surface area (TPSA) is 78.9 Å². The molecule has 0 saturated heterocycles. The smallest absolute Gasteiger partial charge is 0.306 e. The van der Waals surface area contributed by atoms with E-state index in [1.165, 1.54) is 167 Å². The lowest BCUT2D eigenvalue weighted by Gasteiger charge is -2.18. The minimum atomic E-state index is -0.763. The lowest BCUT2D eigenvalue weighted by Crippen LogP contribution is -2.30. The Bertz CT molecular complexity index is 914. The molecule has 0 heterocycles. The molecule has 1 atom stereocenters. The van der Waals surface area contributed by atoms with Crippen LogP contribution >= 0.6 is 0 Å². The largest absolute Gasteiger partial charge is 0.462 e. The van der Waals surface area contributed by atoms with E-state index in [0.29, 0.717) is 19.3 Å². The molecule has 6 heteroatoms. The van der Waals surface area contributed by atoms with E-state index in [2.05, 4.69) is 41.5 Å². The van der Waals surface area contributed by atoms with Crippen molar-refractivity contribution in [3.63, 3.8) is 0 Å². The highest BCUT2D eigenvalue weighted by atomic mass is 16.6. The van der Waals surface area contributed by atoms with Gasteiger partial charge in [0.1, 0.15) is 13.2 Å². The molecule has 0 fully saturated rings. The van der Waals surface area contributed by atoms with Crippen LogP contribution in [0.4, 0.5) is 0 Å². The quantitative estimate of drug-likeness (QED) is 0.0345. The fourth-order valence-corrected chi connectivity index (χ4v) is 7.94. The van der Waals surface area contributed by atoms with Gasteiger partial charge in [-0.2, -0.15) is 0 Å². The first-order chi connectivity index (χ1) is 28.6. The predicted octanol–water partition coefficient (Wildman–Crippen LogP) is 16.8. The van der Waals surface area contributed by atoms with Crippen LogP contribution in [-0.2, 0) is 28.6 Å². The maximum atomic E-state index is 12.8. The first kappa shape index (κ1) is 57.4. The van der Waals surface area contributed by atoms with Gasteiger partial charge >= 0.3 is 17.9 Å². The molecule has 0 aliphatic carbocycles. The average molecular weight is 835 g/mol. The maximum Gasteiger partial charge on any atom is 0.306 e. The van der Waals surface area contributed by atoms with Gasteiger partial charge in [-0.15, -0.1) is 0 Å². The summed E-state index contributed by atoms with van der Waals surface area (Å²) in [5, 5.41) is 0.